The average Bonchev–Trinajstić information content (AvgIpc) is 3.10. The topological polar surface area (TPSA) is 59.8 Å². The molecule has 0 bridgehead atoms. The van der Waals surface area contributed by atoms with Crippen LogP contribution in [0.5, 0.6) is 0 Å². The van der Waals surface area contributed by atoms with E-state index in [0.29, 0.717) is 11.1 Å². The molecule has 0 spiro atoms. The highest BCUT2D eigenvalue weighted by Crippen LogP contribution is 2.28. The Morgan fingerprint density at radius 1 is 1.07 bits per heavy atom. The normalized spacial score (nSPS) is 12.2. The van der Waals surface area contributed by atoms with E-state index in [4.69, 9.17) is 0 Å². The molecule has 0 fully saturated rings. The molecule has 3 rings (SSSR count). The number of hydrogen-bond acceptors (Lipinski definition) is 4. The zero-order valence-corrected chi connectivity index (χ0v) is 16.8. The monoisotopic (exact) mass is 380 g/mol. The van der Waals surface area contributed by atoms with Crippen molar-refractivity contribution in [3.05, 3.63) is 66.0 Å². The SMILES string of the molecule is Cc1ccccc1-n1cnnc1SC(C)C(=O)Nc1ccccc1C(C)C. The number of rotatable bonds is 6. The van der Waals surface area contributed by atoms with E-state index in [9.17, 15) is 4.79 Å². The highest BCUT2D eigenvalue weighted by atomic mass is 32.2. The van der Waals surface area contributed by atoms with Gasteiger partial charge in [-0.2, -0.15) is 0 Å². The molecule has 0 saturated heterocycles. The summed E-state index contributed by atoms with van der Waals surface area (Å²) in [5, 5.41) is 11.7. The fraction of sp³-hybridized carbons (Fsp3) is 0.286. The molecular weight excluding hydrogens is 356 g/mol. The maximum absolute atomic E-state index is 12.7. The average molecular weight is 381 g/mol. The van der Waals surface area contributed by atoms with Crippen LogP contribution in [-0.4, -0.2) is 25.9 Å². The Morgan fingerprint density at radius 2 is 1.78 bits per heavy atom. The van der Waals surface area contributed by atoms with E-state index in [1.807, 2.05) is 66.9 Å². The van der Waals surface area contributed by atoms with Crippen LogP contribution in [0.2, 0.25) is 0 Å². The second-order valence-electron chi connectivity index (χ2n) is 6.76. The van der Waals surface area contributed by atoms with Gasteiger partial charge in [-0.05, 0) is 43.0 Å². The number of amides is 1. The van der Waals surface area contributed by atoms with Crippen molar-refractivity contribution in [3.8, 4) is 5.69 Å². The van der Waals surface area contributed by atoms with Crippen molar-refractivity contribution >= 4 is 23.4 Å². The van der Waals surface area contributed by atoms with E-state index in [2.05, 4.69) is 29.4 Å². The summed E-state index contributed by atoms with van der Waals surface area (Å²) in [5.74, 6) is 0.293. The summed E-state index contributed by atoms with van der Waals surface area (Å²) < 4.78 is 1.92. The summed E-state index contributed by atoms with van der Waals surface area (Å²) in [6.45, 7) is 8.17. The predicted octanol–water partition coefficient (Wildman–Crippen LogP) is 4.82. The molecule has 1 heterocycles. The number of nitrogens with zero attached hydrogens (tertiary/aromatic N) is 3. The van der Waals surface area contributed by atoms with Gasteiger partial charge in [-0.25, -0.2) is 0 Å². The first kappa shape index (κ1) is 19.2. The molecule has 1 aromatic heterocycles. The molecule has 0 aliphatic heterocycles. The number of nitrogens with one attached hydrogen (secondary N) is 1. The van der Waals surface area contributed by atoms with Gasteiger partial charge in [0, 0.05) is 5.69 Å². The molecule has 27 heavy (non-hydrogen) atoms. The van der Waals surface area contributed by atoms with E-state index in [1.54, 1.807) is 6.33 Å². The van der Waals surface area contributed by atoms with Crippen LogP contribution in [0.3, 0.4) is 0 Å². The standard InChI is InChI=1S/C21H24N4OS/c1-14(2)17-10-6-7-11-18(17)23-20(26)16(4)27-21-24-22-13-25(21)19-12-8-5-9-15(19)3/h5-14,16H,1-4H3,(H,23,26). The first-order valence-electron chi connectivity index (χ1n) is 9.00. The van der Waals surface area contributed by atoms with Gasteiger partial charge in [0.2, 0.25) is 5.91 Å². The second kappa shape index (κ2) is 8.39. The zero-order valence-electron chi connectivity index (χ0n) is 16.0. The molecule has 2 aromatic carbocycles. The highest BCUT2D eigenvalue weighted by Gasteiger charge is 2.20. The maximum atomic E-state index is 12.7. The van der Waals surface area contributed by atoms with Crippen molar-refractivity contribution in [2.45, 2.75) is 44.0 Å². The molecule has 6 heteroatoms. The van der Waals surface area contributed by atoms with Crippen LogP contribution in [0.4, 0.5) is 5.69 Å². The predicted molar refractivity (Wildman–Crippen MR) is 111 cm³/mol. The summed E-state index contributed by atoms with van der Waals surface area (Å²) >= 11 is 1.40. The fourth-order valence-electron chi connectivity index (χ4n) is 2.86. The largest absolute Gasteiger partial charge is 0.325 e. The highest BCUT2D eigenvalue weighted by molar-refractivity contribution is 8.00. The molecule has 1 N–H and O–H groups in total. The number of hydrogen-bond donors (Lipinski definition) is 1. The molecule has 0 saturated carbocycles. The lowest BCUT2D eigenvalue weighted by Crippen LogP contribution is -2.23. The van der Waals surface area contributed by atoms with Crippen LogP contribution in [-0.2, 0) is 4.79 Å². The van der Waals surface area contributed by atoms with Gasteiger partial charge < -0.3 is 5.32 Å². The van der Waals surface area contributed by atoms with E-state index >= 15 is 0 Å². The third-order valence-electron chi connectivity index (χ3n) is 4.38. The molecule has 1 unspecified atom stereocenters. The fourth-order valence-corrected chi connectivity index (χ4v) is 3.70. The lowest BCUT2D eigenvalue weighted by atomic mass is 10.0. The van der Waals surface area contributed by atoms with Crippen LogP contribution < -0.4 is 5.32 Å². The number of thioether (sulfide) groups is 1. The smallest absolute Gasteiger partial charge is 0.237 e. The van der Waals surface area contributed by atoms with Crippen molar-refractivity contribution in [2.75, 3.05) is 5.32 Å². The van der Waals surface area contributed by atoms with Crippen molar-refractivity contribution in [1.82, 2.24) is 14.8 Å². The van der Waals surface area contributed by atoms with Gasteiger partial charge in [0.15, 0.2) is 5.16 Å². The van der Waals surface area contributed by atoms with Gasteiger partial charge in [0.25, 0.3) is 0 Å². The van der Waals surface area contributed by atoms with Gasteiger partial charge in [-0.3, -0.25) is 9.36 Å². The Bertz CT molecular complexity index is 935. The van der Waals surface area contributed by atoms with Crippen LogP contribution in [0.15, 0.2) is 60.0 Å². The first-order valence-corrected chi connectivity index (χ1v) is 9.87. The van der Waals surface area contributed by atoms with E-state index < -0.39 is 0 Å². The molecule has 3 aromatic rings. The molecular formula is C21H24N4OS. The third-order valence-corrected chi connectivity index (χ3v) is 5.44. The molecule has 5 nitrogen and oxygen atoms in total. The first-order chi connectivity index (χ1) is 13.0. The molecule has 1 atom stereocenters. The summed E-state index contributed by atoms with van der Waals surface area (Å²) in [4.78, 5) is 12.7. The van der Waals surface area contributed by atoms with Crippen molar-refractivity contribution in [3.63, 3.8) is 0 Å². The number of carbonyl (C=O) groups excluding carboxylic acids is 1. The summed E-state index contributed by atoms with van der Waals surface area (Å²) in [7, 11) is 0. The third kappa shape index (κ3) is 4.39. The molecule has 0 aliphatic carbocycles. The summed E-state index contributed by atoms with van der Waals surface area (Å²) in [6, 6.07) is 16.0. The molecule has 140 valence electrons. The zero-order chi connectivity index (χ0) is 19.4. The van der Waals surface area contributed by atoms with Gasteiger partial charge in [-0.1, -0.05) is 62.0 Å². The molecule has 0 radical (unpaired) electrons. The van der Waals surface area contributed by atoms with E-state index in [0.717, 1.165) is 22.5 Å². The van der Waals surface area contributed by atoms with Crippen LogP contribution >= 0.6 is 11.8 Å². The quantitative estimate of drug-likeness (QED) is 0.623. The lowest BCUT2D eigenvalue weighted by molar-refractivity contribution is -0.115. The number of aromatic nitrogens is 3. The Labute approximate surface area is 164 Å². The number of para-hydroxylation sites is 2. The van der Waals surface area contributed by atoms with Gasteiger partial charge >= 0.3 is 0 Å². The van der Waals surface area contributed by atoms with Crippen LogP contribution in [0.1, 0.15) is 37.8 Å². The minimum Gasteiger partial charge on any atom is -0.325 e. The van der Waals surface area contributed by atoms with Crippen molar-refractivity contribution in [2.24, 2.45) is 0 Å². The van der Waals surface area contributed by atoms with E-state index in [-0.39, 0.29) is 11.2 Å². The van der Waals surface area contributed by atoms with Gasteiger partial charge in [0.1, 0.15) is 6.33 Å². The second-order valence-corrected chi connectivity index (χ2v) is 8.07. The summed E-state index contributed by atoms with van der Waals surface area (Å²) in [5.41, 5.74) is 4.14. The lowest BCUT2D eigenvalue weighted by Gasteiger charge is -2.16. The molecule has 1 amide bonds. The Morgan fingerprint density at radius 3 is 2.52 bits per heavy atom. The van der Waals surface area contributed by atoms with Crippen LogP contribution in [0, 0.1) is 6.92 Å². The Hall–Kier alpha value is -2.60. The van der Waals surface area contributed by atoms with Gasteiger partial charge in [0.05, 0.1) is 10.9 Å². The number of anilines is 1. The number of carbonyl (C=O) groups is 1. The van der Waals surface area contributed by atoms with Gasteiger partial charge in [-0.15, -0.1) is 10.2 Å². The number of aryl methyl sites for hydroxylation is 1. The Kier molecular flexibility index (Phi) is 5.96. The van der Waals surface area contributed by atoms with Crippen molar-refractivity contribution < 1.29 is 4.79 Å². The maximum Gasteiger partial charge on any atom is 0.237 e. The Balaban J connectivity index is 1.75. The van der Waals surface area contributed by atoms with Crippen molar-refractivity contribution in [1.29, 1.82) is 0 Å². The molecule has 0 aliphatic rings. The number of benzene rings is 2. The van der Waals surface area contributed by atoms with E-state index in [1.165, 1.54) is 11.8 Å². The minimum atomic E-state index is -0.308. The minimum absolute atomic E-state index is 0.0487. The summed E-state index contributed by atoms with van der Waals surface area (Å²) in [6.07, 6.45) is 1.68. The van der Waals surface area contributed by atoms with Crippen LogP contribution in [0.25, 0.3) is 5.69 Å².